The van der Waals surface area contributed by atoms with Gasteiger partial charge in [0.25, 0.3) is 5.91 Å². The number of ether oxygens (including phenoxy) is 2. The third-order valence-corrected chi connectivity index (χ3v) is 6.32. The van der Waals surface area contributed by atoms with Crippen molar-refractivity contribution in [3.05, 3.63) is 59.7 Å². The number of amides is 3. The highest BCUT2D eigenvalue weighted by atomic mass is 16.5. The highest BCUT2D eigenvalue weighted by Crippen LogP contribution is 2.38. The van der Waals surface area contributed by atoms with E-state index >= 15 is 0 Å². The normalized spacial score (nSPS) is 18.9. The first kappa shape index (κ1) is 20.3. The smallest absolute Gasteiger partial charge is 0.325 e. The SMILES string of the molecule is COc1ccc(C2(c3ccc(OC)cc3)NC(=O)N(CC3CCCCC3)C2=O)cc1. The Morgan fingerprint density at radius 3 is 1.83 bits per heavy atom. The number of rotatable bonds is 6. The summed E-state index contributed by atoms with van der Waals surface area (Å²) in [4.78, 5) is 28.2. The molecule has 1 saturated carbocycles. The van der Waals surface area contributed by atoms with Gasteiger partial charge in [0.1, 0.15) is 11.5 Å². The zero-order chi connectivity index (χ0) is 21.1. The van der Waals surface area contributed by atoms with Crippen molar-refractivity contribution in [1.29, 1.82) is 0 Å². The van der Waals surface area contributed by atoms with Gasteiger partial charge < -0.3 is 14.8 Å². The molecule has 0 bridgehead atoms. The number of methoxy groups -OCH3 is 2. The summed E-state index contributed by atoms with van der Waals surface area (Å²) in [6, 6.07) is 14.3. The summed E-state index contributed by atoms with van der Waals surface area (Å²) in [6.07, 6.45) is 5.69. The molecule has 2 aromatic rings. The Morgan fingerprint density at radius 1 is 0.867 bits per heavy atom. The number of benzene rings is 2. The van der Waals surface area contributed by atoms with Crippen LogP contribution in [0.25, 0.3) is 0 Å². The summed E-state index contributed by atoms with van der Waals surface area (Å²) >= 11 is 0. The molecule has 158 valence electrons. The maximum absolute atomic E-state index is 13.8. The summed E-state index contributed by atoms with van der Waals surface area (Å²) in [7, 11) is 3.20. The summed E-state index contributed by atoms with van der Waals surface area (Å²) in [5.41, 5.74) is 0.153. The summed E-state index contributed by atoms with van der Waals surface area (Å²) in [5.74, 6) is 1.53. The Labute approximate surface area is 177 Å². The molecule has 4 rings (SSSR count). The molecule has 0 radical (unpaired) electrons. The molecule has 0 atom stereocenters. The van der Waals surface area contributed by atoms with E-state index in [1.807, 2.05) is 48.5 Å². The van der Waals surface area contributed by atoms with Gasteiger partial charge in [-0.1, -0.05) is 43.5 Å². The fourth-order valence-corrected chi connectivity index (χ4v) is 4.61. The highest BCUT2D eigenvalue weighted by Gasteiger charge is 2.54. The van der Waals surface area contributed by atoms with Crippen LogP contribution in [0.4, 0.5) is 4.79 Å². The van der Waals surface area contributed by atoms with Crippen LogP contribution in [-0.2, 0) is 10.3 Å². The lowest BCUT2D eigenvalue weighted by molar-refractivity contribution is -0.130. The van der Waals surface area contributed by atoms with E-state index < -0.39 is 5.54 Å². The van der Waals surface area contributed by atoms with Crippen molar-refractivity contribution >= 4 is 11.9 Å². The van der Waals surface area contributed by atoms with Crippen molar-refractivity contribution in [2.45, 2.75) is 37.6 Å². The van der Waals surface area contributed by atoms with E-state index in [9.17, 15) is 9.59 Å². The summed E-state index contributed by atoms with van der Waals surface area (Å²) in [6.45, 7) is 0.471. The lowest BCUT2D eigenvalue weighted by Crippen LogP contribution is -2.45. The average molecular weight is 408 g/mol. The average Bonchev–Trinajstić information content (AvgIpc) is 3.05. The van der Waals surface area contributed by atoms with Gasteiger partial charge in [-0.25, -0.2) is 4.79 Å². The summed E-state index contributed by atoms with van der Waals surface area (Å²) < 4.78 is 10.5. The molecule has 30 heavy (non-hydrogen) atoms. The number of nitrogens with zero attached hydrogens (tertiary/aromatic N) is 1. The minimum atomic E-state index is -1.26. The van der Waals surface area contributed by atoms with E-state index in [-0.39, 0.29) is 11.9 Å². The van der Waals surface area contributed by atoms with Crippen LogP contribution in [0.2, 0.25) is 0 Å². The first-order valence-electron chi connectivity index (χ1n) is 10.5. The molecule has 0 spiro atoms. The number of carbonyl (C=O) groups excluding carboxylic acids is 2. The van der Waals surface area contributed by atoms with Gasteiger partial charge >= 0.3 is 6.03 Å². The van der Waals surface area contributed by atoms with Crippen LogP contribution < -0.4 is 14.8 Å². The third kappa shape index (κ3) is 3.51. The van der Waals surface area contributed by atoms with Crippen LogP contribution in [0, 0.1) is 5.92 Å². The predicted molar refractivity (Wildman–Crippen MR) is 114 cm³/mol. The van der Waals surface area contributed by atoms with Crippen molar-refractivity contribution in [2.24, 2.45) is 5.92 Å². The maximum Gasteiger partial charge on any atom is 0.325 e. The van der Waals surface area contributed by atoms with Crippen LogP contribution in [0.1, 0.15) is 43.2 Å². The first-order valence-corrected chi connectivity index (χ1v) is 10.5. The molecule has 1 saturated heterocycles. The van der Waals surface area contributed by atoms with E-state index in [1.165, 1.54) is 11.3 Å². The molecule has 1 aliphatic carbocycles. The number of hydrogen-bond acceptors (Lipinski definition) is 4. The third-order valence-electron chi connectivity index (χ3n) is 6.32. The molecule has 0 aromatic heterocycles. The number of imide groups is 1. The molecule has 0 unspecified atom stereocenters. The second-order valence-electron chi connectivity index (χ2n) is 8.06. The van der Waals surface area contributed by atoms with E-state index in [4.69, 9.17) is 9.47 Å². The first-order chi connectivity index (χ1) is 14.6. The number of nitrogens with one attached hydrogen (secondary N) is 1. The van der Waals surface area contributed by atoms with Gasteiger partial charge in [-0.15, -0.1) is 0 Å². The van der Waals surface area contributed by atoms with Crippen LogP contribution in [0.3, 0.4) is 0 Å². The van der Waals surface area contributed by atoms with Crippen molar-refractivity contribution in [3.8, 4) is 11.5 Å². The molecule has 3 amide bonds. The standard InChI is InChI=1S/C24H28N2O4/c1-29-20-12-8-18(9-13-20)24(19-10-14-21(30-2)15-11-19)22(27)26(23(28)25-24)16-17-6-4-3-5-7-17/h8-15,17H,3-7,16H2,1-2H3,(H,25,28). The van der Waals surface area contributed by atoms with Crippen molar-refractivity contribution in [1.82, 2.24) is 10.2 Å². The van der Waals surface area contributed by atoms with Crippen LogP contribution >= 0.6 is 0 Å². The van der Waals surface area contributed by atoms with Gasteiger partial charge in [-0.05, 0) is 54.2 Å². The molecule has 1 N–H and O–H groups in total. The zero-order valence-electron chi connectivity index (χ0n) is 17.5. The predicted octanol–water partition coefficient (Wildman–Crippen LogP) is 4.08. The van der Waals surface area contributed by atoms with Crippen LogP contribution in [-0.4, -0.2) is 37.6 Å². The summed E-state index contributed by atoms with van der Waals surface area (Å²) in [5, 5.41) is 3.02. The molecule has 6 nitrogen and oxygen atoms in total. The van der Waals surface area contributed by atoms with E-state index in [2.05, 4.69) is 5.32 Å². The Kier molecular flexibility index (Phi) is 5.66. The van der Waals surface area contributed by atoms with E-state index in [1.54, 1.807) is 14.2 Å². The van der Waals surface area contributed by atoms with E-state index in [0.717, 1.165) is 25.7 Å². The van der Waals surface area contributed by atoms with Gasteiger partial charge in [0.15, 0.2) is 5.54 Å². The lowest BCUT2D eigenvalue weighted by atomic mass is 9.82. The quantitative estimate of drug-likeness (QED) is 0.732. The molecule has 2 aliphatic rings. The Hall–Kier alpha value is -3.02. The molecule has 1 aliphatic heterocycles. The van der Waals surface area contributed by atoms with Crippen molar-refractivity contribution in [3.63, 3.8) is 0 Å². The van der Waals surface area contributed by atoms with Gasteiger partial charge in [0.05, 0.1) is 14.2 Å². The molecular weight excluding hydrogens is 380 g/mol. The molecule has 1 heterocycles. The lowest BCUT2D eigenvalue weighted by Gasteiger charge is -2.29. The molecule has 2 aromatic carbocycles. The Morgan fingerprint density at radius 2 is 1.37 bits per heavy atom. The molecular formula is C24H28N2O4. The van der Waals surface area contributed by atoms with Gasteiger partial charge in [0, 0.05) is 6.54 Å². The van der Waals surface area contributed by atoms with Gasteiger partial charge in [-0.2, -0.15) is 0 Å². The van der Waals surface area contributed by atoms with Crippen LogP contribution in [0.15, 0.2) is 48.5 Å². The van der Waals surface area contributed by atoms with Gasteiger partial charge in [0.2, 0.25) is 0 Å². The number of hydrogen-bond donors (Lipinski definition) is 1. The number of urea groups is 1. The van der Waals surface area contributed by atoms with Crippen molar-refractivity contribution < 1.29 is 19.1 Å². The maximum atomic E-state index is 13.8. The second kappa shape index (κ2) is 8.38. The Balaban J connectivity index is 1.74. The minimum Gasteiger partial charge on any atom is -0.497 e. The van der Waals surface area contributed by atoms with Crippen LogP contribution in [0.5, 0.6) is 11.5 Å². The largest absolute Gasteiger partial charge is 0.497 e. The van der Waals surface area contributed by atoms with Gasteiger partial charge in [-0.3, -0.25) is 9.69 Å². The second-order valence-corrected chi connectivity index (χ2v) is 8.06. The fourth-order valence-electron chi connectivity index (χ4n) is 4.61. The van der Waals surface area contributed by atoms with E-state index in [0.29, 0.717) is 35.1 Å². The Bertz CT molecular complexity index is 854. The zero-order valence-corrected chi connectivity index (χ0v) is 17.5. The molecule has 6 heteroatoms. The molecule has 2 fully saturated rings. The fraction of sp³-hybridized carbons (Fsp3) is 0.417. The monoisotopic (exact) mass is 408 g/mol. The topological polar surface area (TPSA) is 67.9 Å². The number of carbonyl (C=O) groups is 2. The van der Waals surface area contributed by atoms with Crippen molar-refractivity contribution in [2.75, 3.05) is 20.8 Å². The highest BCUT2D eigenvalue weighted by molar-refractivity contribution is 6.09. The minimum absolute atomic E-state index is 0.228.